The minimum absolute atomic E-state index is 0.0825. The molecule has 1 spiro atoms. The number of aromatic nitrogens is 2. The Morgan fingerprint density at radius 1 is 1.09 bits per heavy atom. The molecule has 6 nitrogen and oxygen atoms in total. The maximum atomic E-state index is 13.5. The number of anilines is 1. The first-order valence-electron chi connectivity index (χ1n) is 11.8. The lowest BCUT2D eigenvalue weighted by atomic mass is 9.91. The molecule has 1 aliphatic heterocycles. The molecule has 0 bridgehead atoms. The van der Waals surface area contributed by atoms with Crippen LogP contribution in [-0.2, 0) is 11.0 Å². The Hall–Kier alpha value is -2.42. The van der Waals surface area contributed by atoms with Gasteiger partial charge in [-0.3, -0.25) is 14.8 Å². The molecule has 3 aliphatic rings. The largest absolute Gasteiger partial charge is 0.418 e. The molecule has 178 valence electrons. The molecule has 5 rings (SSSR count). The average Bonchev–Trinajstić information content (AvgIpc) is 3.51. The van der Waals surface area contributed by atoms with Crippen molar-refractivity contribution in [2.45, 2.75) is 63.2 Å². The summed E-state index contributed by atoms with van der Waals surface area (Å²) < 4.78 is 40.5. The Labute approximate surface area is 191 Å². The lowest BCUT2D eigenvalue weighted by molar-refractivity contribution is -0.136. The lowest BCUT2D eigenvalue weighted by Gasteiger charge is -2.24. The molecule has 2 aliphatic carbocycles. The van der Waals surface area contributed by atoms with Crippen molar-refractivity contribution in [2.24, 2.45) is 11.3 Å². The third kappa shape index (κ3) is 4.27. The number of carbonyl (C=O) groups excluding carboxylic acids is 1. The van der Waals surface area contributed by atoms with E-state index in [1.54, 1.807) is 0 Å². The van der Waals surface area contributed by atoms with Gasteiger partial charge in [0, 0.05) is 43.0 Å². The molecule has 2 N–H and O–H groups in total. The van der Waals surface area contributed by atoms with Crippen LogP contribution in [0.2, 0.25) is 0 Å². The standard InChI is InChI=1S/C24H30F3N5O/c1-28-15-4-2-3-5-16(12-15)31-22(33)18-13-32(14-23(18)8-9-23)19-7-6-17(24(25,26)27)20-21(19)30-11-10-29-20/h6-7,10-11,15-16,18,28H,2-5,8-9,12-14H2,1H3,(H,31,33). The first kappa shape index (κ1) is 22.4. The van der Waals surface area contributed by atoms with Crippen molar-refractivity contribution in [3.8, 4) is 0 Å². The molecule has 2 aromatic rings. The predicted molar refractivity (Wildman–Crippen MR) is 120 cm³/mol. The van der Waals surface area contributed by atoms with Crippen molar-refractivity contribution < 1.29 is 18.0 Å². The zero-order valence-corrected chi connectivity index (χ0v) is 18.8. The Balaban J connectivity index is 1.38. The van der Waals surface area contributed by atoms with Gasteiger partial charge in [0.25, 0.3) is 0 Å². The number of hydrogen-bond donors (Lipinski definition) is 2. The SMILES string of the molecule is CNC1CCCCC(NC(=O)C2CN(c3ccc(C(F)(F)F)c4nccnc34)CC23CC3)C1. The van der Waals surface area contributed by atoms with E-state index < -0.39 is 11.7 Å². The fourth-order valence-corrected chi connectivity index (χ4v) is 5.76. The van der Waals surface area contributed by atoms with Gasteiger partial charge in [0.05, 0.1) is 17.2 Å². The second-order valence-electron chi connectivity index (χ2n) is 9.89. The summed E-state index contributed by atoms with van der Waals surface area (Å²) in [5.41, 5.74) is -0.149. The van der Waals surface area contributed by atoms with Crippen molar-refractivity contribution in [2.75, 3.05) is 25.0 Å². The van der Waals surface area contributed by atoms with E-state index in [4.69, 9.17) is 0 Å². The lowest BCUT2D eigenvalue weighted by Crippen LogP contribution is -2.44. The molecule has 3 atom stereocenters. The molecule has 2 heterocycles. The van der Waals surface area contributed by atoms with Crippen LogP contribution in [0.25, 0.3) is 11.0 Å². The fraction of sp³-hybridized carbons (Fsp3) is 0.625. The Bertz CT molecular complexity index is 1040. The number of rotatable bonds is 4. The Morgan fingerprint density at radius 2 is 1.79 bits per heavy atom. The highest BCUT2D eigenvalue weighted by molar-refractivity contribution is 5.92. The van der Waals surface area contributed by atoms with Gasteiger partial charge >= 0.3 is 6.18 Å². The highest BCUT2D eigenvalue weighted by atomic mass is 19.4. The molecule has 1 aromatic carbocycles. The van der Waals surface area contributed by atoms with E-state index in [0.29, 0.717) is 24.8 Å². The number of nitrogens with one attached hydrogen (secondary N) is 2. The number of halogens is 3. The molecule has 3 unspecified atom stereocenters. The van der Waals surface area contributed by atoms with E-state index in [0.717, 1.165) is 44.6 Å². The normalized spacial score (nSPS) is 27.0. The van der Waals surface area contributed by atoms with Crippen LogP contribution in [0.3, 0.4) is 0 Å². The van der Waals surface area contributed by atoms with Crippen LogP contribution in [-0.4, -0.2) is 48.1 Å². The first-order chi connectivity index (χ1) is 15.8. The van der Waals surface area contributed by atoms with Gasteiger partial charge in [0.2, 0.25) is 5.91 Å². The summed E-state index contributed by atoms with van der Waals surface area (Å²) in [6, 6.07) is 3.16. The predicted octanol–water partition coefficient (Wildman–Crippen LogP) is 3.90. The highest BCUT2D eigenvalue weighted by Crippen LogP contribution is 2.57. The number of nitrogens with zero attached hydrogens (tertiary/aromatic N) is 3. The van der Waals surface area contributed by atoms with E-state index in [9.17, 15) is 18.0 Å². The molecule has 1 aromatic heterocycles. The van der Waals surface area contributed by atoms with Gasteiger partial charge in [-0.05, 0) is 51.3 Å². The Kier molecular flexibility index (Phi) is 5.71. The Morgan fingerprint density at radius 3 is 2.45 bits per heavy atom. The zero-order chi connectivity index (χ0) is 23.2. The smallest absolute Gasteiger partial charge is 0.368 e. The molecule has 2 saturated carbocycles. The molecular weight excluding hydrogens is 431 g/mol. The molecule has 3 fully saturated rings. The number of hydrogen-bond acceptors (Lipinski definition) is 5. The molecule has 1 amide bonds. The van der Waals surface area contributed by atoms with Crippen LogP contribution in [0, 0.1) is 11.3 Å². The van der Waals surface area contributed by atoms with Crippen LogP contribution in [0.5, 0.6) is 0 Å². The van der Waals surface area contributed by atoms with Crippen molar-refractivity contribution in [1.29, 1.82) is 0 Å². The van der Waals surface area contributed by atoms with Gasteiger partial charge in [-0.25, -0.2) is 0 Å². The van der Waals surface area contributed by atoms with Crippen molar-refractivity contribution in [1.82, 2.24) is 20.6 Å². The van der Waals surface area contributed by atoms with E-state index >= 15 is 0 Å². The number of benzene rings is 1. The monoisotopic (exact) mass is 461 g/mol. The third-order valence-electron chi connectivity index (χ3n) is 7.79. The minimum Gasteiger partial charge on any atom is -0.368 e. The van der Waals surface area contributed by atoms with Gasteiger partial charge < -0.3 is 15.5 Å². The van der Waals surface area contributed by atoms with Crippen LogP contribution in [0.4, 0.5) is 18.9 Å². The maximum absolute atomic E-state index is 13.5. The van der Waals surface area contributed by atoms with Crippen LogP contribution < -0.4 is 15.5 Å². The fourth-order valence-electron chi connectivity index (χ4n) is 5.76. The summed E-state index contributed by atoms with van der Waals surface area (Å²) in [6.45, 7) is 1.15. The number of fused-ring (bicyclic) bond motifs is 1. The summed E-state index contributed by atoms with van der Waals surface area (Å²) in [5.74, 6) is -0.0816. The number of carbonyl (C=O) groups is 1. The second kappa shape index (κ2) is 8.42. The van der Waals surface area contributed by atoms with Crippen molar-refractivity contribution >= 4 is 22.6 Å². The summed E-state index contributed by atoms with van der Waals surface area (Å²) in [6.07, 6.45) is 5.48. The van der Waals surface area contributed by atoms with E-state index in [1.807, 2.05) is 11.9 Å². The summed E-state index contributed by atoms with van der Waals surface area (Å²) >= 11 is 0. The quantitative estimate of drug-likeness (QED) is 0.676. The highest BCUT2D eigenvalue weighted by Gasteiger charge is 2.58. The first-order valence-corrected chi connectivity index (χ1v) is 11.8. The van der Waals surface area contributed by atoms with Crippen LogP contribution in [0.15, 0.2) is 24.5 Å². The van der Waals surface area contributed by atoms with Crippen LogP contribution in [0.1, 0.15) is 50.5 Å². The van der Waals surface area contributed by atoms with E-state index in [1.165, 1.54) is 24.9 Å². The topological polar surface area (TPSA) is 70.2 Å². The van der Waals surface area contributed by atoms with Gasteiger partial charge in [0.1, 0.15) is 11.0 Å². The van der Waals surface area contributed by atoms with Gasteiger partial charge in [-0.15, -0.1) is 0 Å². The van der Waals surface area contributed by atoms with Crippen LogP contribution >= 0.6 is 0 Å². The second-order valence-corrected chi connectivity index (χ2v) is 9.89. The number of amides is 1. The van der Waals surface area contributed by atoms with Crippen molar-refractivity contribution in [3.05, 3.63) is 30.1 Å². The van der Waals surface area contributed by atoms with Gasteiger partial charge in [-0.1, -0.05) is 12.8 Å². The zero-order valence-electron chi connectivity index (χ0n) is 18.8. The molecule has 9 heteroatoms. The molecule has 33 heavy (non-hydrogen) atoms. The molecule has 0 radical (unpaired) electrons. The summed E-state index contributed by atoms with van der Waals surface area (Å²) in [7, 11) is 1.97. The summed E-state index contributed by atoms with van der Waals surface area (Å²) in [4.78, 5) is 23.6. The summed E-state index contributed by atoms with van der Waals surface area (Å²) in [5, 5.41) is 6.67. The van der Waals surface area contributed by atoms with Gasteiger partial charge in [0.15, 0.2) is 0 Å². The van der Waals surface area contributed by atoms with Gasteiger partial charge in [-0.2, -0.15) is 13.2 Å². The average molecular weight is 462 g/mol. The molecule has 1 saturated heterocycles. The minimum atomic E-state index is -4.50. The maximum Gasteiger partial charge on any atom is 0.418 e. The third-order valence-corrected chi connectivity index (χ3v) is 7.79. The molecular formula is C24H30F3N5O. The van der Waals surface area contributed by atoms with E-state index in [2.05, 4.69) is 20.6 Å². The van der Waals surface area contributed by atoms with E-state index in [-0.39, 0.29) is 34.3 Å². The van der Waals surface area contributed by atoms with Crippen molar-refractivity contribution in [3.63, 3.8) is 0 Å². The number of alkyl halides is 3.